The van der Waals surface area contributed by atoms with Gasteiger partial charge in [-0.25, -0.2) is 0 Å². The maximum Gasteiger partial charge on any atom is 0.127 e. The first-order valence-electron chi connectivity index (χ1n) is 6.95. The molecule has 0 saturated carbocycles. The van der Waals surface area contributed by atoms with Gasteiger partial charge in [-0.3, -0.25) is 0 Å². The van der Waals surface area contributed by atoms with Gasteiger partial charge in [0.2, 0.25) is 0 Å². The molecule has 0 radical (unpaired) electrons. The van der Waals surface area contributed by atoms with Crippen LogP contribution in [0.2, 0.25) is 5.02 Å². The zero-order chi connectivity index (χ0) is 15.0. The Labute approximate surface area is 129 Å². The quantitative estimate of drug-likeness (QED) is 0.941. The zero-order valence-corrected chi connectivity index (χ0v) is 12.9. The summed E-state index contributed by atoms with van der Waals surface area (Å²) in [5.41, 5.74) is 10.6. The number of rotatable bonds is 3. The SMILES string of the molecule is COc1cc(C(N)c2cc(Cl)cc3c2OCC3)ccc1C. The Morgan fingerprint density at radius 1 is 1.29 bits per heavy atom. The van der Waals surface area contributed by atoms with E-state index in [1.807, 2.05) is 37.3 Å². The number of methoxy groups -OCH3 is 1. The van der Waals surface area contributed by atoms with Crippen molar-refractivity contribution in [1.29, 1.82) is 0 Å². The van der Waals surface area contributed by atoms with Gasteiger partial charge in [0.25, 0.3) is 0 Å². The summed E-state index contributed by atoms with van der Waals surface area (Å²) in [6.45, 7) is 2.70. The molecule has 0 saturated heterocycles. The Morgan fingerprint density at radius 3 is 2.86 bits per heavy atom. The highest BCUT2D eigenvalue weighted by atomic mass is 35.5. The van der Waals surface area contributed by atoms with E-state index in [-0.39, 0.29) is 6.04 Å². The van der Waals surface area contributed by atoms with Gasteiger partial charge in [0.1, 0.15) is 11.5 Å². The van der Waals surface area contributed by atoms with Crippen molar-refractivity contribution in [3.8, 4) is 11.5 Å². The Balaban J connectivity index is 2.05. The molecule has 3 rings (SSSR count). The van der Waals surface area contributed by atoms with E-state index < -0.39 is 0 Å². The number of hydrogen-bond donors (Lipinski definition) is 1. The van der Waals surface area contributed by atoms with Crippen LogP contribution in [0.5, 0.6) is 11.5 Å². The van der Waals surface area contributed by atoms with Gasteiger partial charge >= 0.3 is 0 Å². The van der Waals surface area contributed by atoms with Crippen LogP contribution in [0.15, 0.2) is 30.3 Å². The second-order valence-electron chi connectivity index (χ2n) is 5.29. The first kappa shape index (κ1) is 14.2. The molecule has 2 N–H and O–H groups in total. The average molecular weight is 304 g/mol. The predicted molar refractivity (Wildman–Crippen MR) is 84.4 cm³/mol. The van der Waals surface area contributed by atoms with E-state index in [0.29, 0.717) is 11.6 Å². The van der Waals surface area contributed by atoms with Gasteiger partial charge in [0.05, 0.1) is 19.8 Å². The Kier molecular flexibility index (Phi) is 3.79. The highest BCUT2D eigenvalue weighted by molar-refractivity contribution is 6.30. The van der Waals surface area contributed by atoms with Crippen molar-refractivity contribution in [2.45, 2.75) is 19.4 Å². The third kappa shape index (κ3) is 2.59. The minimum absolute atomic E-state index is 0.287. The first-order chi connectivity index (χ1) is 10.1. The molecule has 0 aromatic heterocycles. The molecule has 0 amide bonds. The molecule has 2 aromatic rings. The summed E-state index contributed by atoms with van der Waals surface area (Å²) < 4.78 is 11.1. The number of hydrogen-bond acceptors (Lipinski definition) is 3. The van der Waals surface area contributed by atoms with Crippen LogP contribution in [0.4, 0.5) is 0 Å². The topological polar surface area (TPSA) is 44.5 Å². The second-order valence-corrected chi connectivity index (χ2v) is 5.72. The van der Waals surface area contributed by atoms with E-state index in [4.69, 9.17) is 26.8 Å². The maximum absolute atomic E-state index is 6.44. The molecule has 0 spiro atoms. The molecule has 1 heterocycles. The van der Waals surface area contributed by atoms with Gasteiger partial charge in [0.15, 0.2) is 0 Å². The average Bonchev–Trinajstić information content (AvgIpc) is 2.94. The van der Waals surface area contributed by atoms with E-state index >= 15 is 0 Å². The van der Waals surface area contributed by atoms with Gasteiger partial charge < -0.3 is 15.2 Å². The molecule has 1 aliphatic rings. The largest absolute Gasteiger partial charge is 0.496 e. The fourth-order valence-electron chi connectivity index (χ4n) is 2.74. The summed E-state index contributed by atoms with van der Waals surface area (Å²) in [7, 11) is 1.66. The lowest BCUT2D eigenvalue weighted by Gasteiger charge is -2.18. The van der Waals surface area contributed by atoms with Crippen LogP contribution >= 0.6 is 11.6 Å². The van der Waals surface area contributed by atoms with Crippen LogP contribution in [-0.4, -0.2) is 13.7 Å². The predicted octanol–water partition coefficient (Wildman–Crippen LogP) is 3.64. The molecule has 0 aliphatic carbocycles. The smallest absolute Gasteiger partial charge is 0.127 e. The lowest BCUT2D eigenvalue weighted by molar-refractivity contribution is 0.352. The number of aryl methyl sites for hydroxylation is 1. The molecule has 0 bridgehead atoms. The monoisotopic (exact) mass is 303 g/mol. The van der Waals surface area contributed by atoms with Crippen molar-refractivity contribution < 1.29 is 9.47 Å². The van der Waals surface area contributed by atoms with Crippen molar-refractivity contribution >= 4 is 11.6 Å². The summed E-state index contributed by atoms with van der Waals surface area (Å²) in [4.78, 5) is 0. The minimum Gasteiger partial charge on any atom is -0.496 e. The van der Waals surface area contributed by atoms with Crippen LogP contribution < -0.4 is 15.2 Å². The number of nitrogens with two attached hydrogens (primary N) is 1. The molecular formula is C17H18ClNO2. The Hall–Kier alpha value is -1.71. The lowest BCUT2D eigenvalue weighted by Crippen LogP contribution is -2.13. The van der Waals surface area contributed by atoms with Crippen molar-refractivity contribution in [2.24, 2.45) is 5.73 Å². The third-order valence-electron chi connectivity index (χ3n) is 3.90. The van der Waals surface area contributed by atoms with Crippen molar-refractivity contribution in [1.82, 2.24) is 0 Å². The normalized spacial score (nSPS) is 14.5. The second kappa shape index (κ2) is 5.58. The molecule has 110 valence electrons. The Bertz CT molecular complexity index is 685. The van der Waals surface area contributed by atoms with Gasteiger partial charge in [-0.15, -0.1) is 0 Å². The van der Waals surface area contributed by atoms with E-state index in [1.54, 1.807) is 7.11 Å². The van der Waals surface area contributed by atoms with Crippen molar-refractivity contribution in [3.05, 3.63) is 57.6 Å². The summed E-state index contributed by atoms with van der Waals surface area (Å²) in [5, 5.41) is 0.698. The van der Waals surface area contributed by atoms with Crippen molar-refractivity contribution in [3.63, 3.8) is 0 Å². The lowest BCUT2D eigenvalue weighted by atomic mass is 9.95. The Morgan fingerprint density at radius 2 is 2.10 bits per heavy atom. The molecule has 4 heteroatoms. The maximum atomic E-state index is 6.44. The minimum atomic E-state index is -0.287. The highest BCUT2D eigenvalue weighted by Crippen LogP contribution is 2.38. The fourth-order valence-corrected chi connectivity index (χ4v) is 2.99. The standard InChI is InChI=1S/C17H18ClNO2/c1-10-3-4-11(8-15(10)20-2)16(19)14-9-13(18)7-12-5-6-21-17(12)14/h3-4,7-9,16H,5-6,19H2,1-2H3. The molecular weight excluding hydrogens is 286 g/mol. The van der Waals surface area contributed by atoms with Gasteiger partial charge in [-0.2, -0.15) is 0 Å². The molecule has 1 atom stereocenters. The molecule has 2 aromatic carbocycles. The molecule has 3 nitrogen and oxygen atoms in total. The number of benzene rings is 2. The first-order valence-corrected chi connectivity index (χ1v) is 7.33. The number of fused-ring (bicyclic) bond motifs is 1. The van der Waals surface area contributed by atoms with E-state index in [1.165, 1.54) is 0 Å². The van der Waals surface area contributed by atoms with Crippen molar-refractivity contribution in [2.75, 3.05) is 13.7 Å². The number of ether oxygens (including phenoxy) is 2. The number of halogens is 1. The molecule has 1 aliphatic heterocycles. The van der Waals surface area contributed by atoms with Crippen LogP contribution in [0.25, 0.3) is 0 Å². The summed E-state index contributed by atoms with van der Waals surface area (Å²) in [6, 6.07) is 9.57. The van der Waals surface area contributed by atoms with E-state index in [0.717, 1.165) is 40.2 Å². The zero-order valence-electron chi connectivity index (χ0n) is 12.2. The van der Waals surface area contributed by atoms with Crippen LogP contribution in [0, 0.1) is 6.92 Å². The molecule has 21 heavy (non-hydrogen) atoms. The van der Waals surface area contributed by atoms with Crippen LogP contribution in [0.1, 0.15) is 28.3 Å². The van der Waals surface area contributed by atoms with Gasteiger partial charge in [-0.05, 0) is 41.8 Å². The summed E-state index contributed by atoms with van der Waals surface area (Å²) in [5.74, 6) is 1.72. The molecule has 1 unspecified atom stereocenters. The summed E-state index contributed by atoms with van der Waals surface area (Å²) >= 11 is 6.21. The van der Waals surface area contributed by atoms with E-state index in [2.05, 4.69) is 0 Å². The van der Waals surface area contributed by atoms with Crippen LogP contribution in [0.3, 0.4) is 0 Å². The van der Waals surface area contributed by atoms with Crippen LogP contribution in [-0.2, 0) is 6.42 Å². The van der Waals surface area contributed by atoms with E-state index in [9.17, 15) is 0 Å². The third-order valence-corrected chi connectivity index (χ3v) is 4.12. The fraction of sp³-hybridized carbons (Fsp3) is 0.294. The highest BCUT2D eigenvalue weighted by Gasteiger charge is 2.22. The van der Waals surface area contributed by atoms with Gasteiger partial charge in [0, 0.05) is 17.0 Å². The summed E-state index contributed by atoms with van der Waals surface area (Å²) in [6.07, 6.45) is 0.882. The van der Waals surface area contributed by atoms with Gasteiger partial charge in [-0.1, -0.05) is 23.7 Å². The molecule has 0 fully saturated rings.